The van der Waals surface area contributed by atoms with E-state index in [0.717, 1.165) is 0 Å². The van der Waals surface area contributed by atoms with E-state index in [1.807, 2.05) is 13.8 Å². The Labute approximate surface area is 87.8 Å². The van der Waals surface area contributed by atoms with Gasteiger partial charge in [-0.3, -0.25) is 0 Å². The van der Waals surface area contributed by atoms with Crippen molar-refractivity contribution < 1.29 is 9.15 Å². The number of alkyl halides is 1. The van der Waals surface area contributed by atoms with Crippen molar-refractivity contribution in [2.75, 3.05) is 19.0 Å². The Balaban J connectivity index is 2.45. The summed E-state index contributed by atoms with van der Waals surface area (Å²) in [5.41, 5.74) is -0.268. The summed E-state index contributed by atoms with van der Waals surface area (Å²) in [5, 5.41) is 10.4. The second-order valence-electron chi connectivity index (χ2n) is 3.45. The lowest BCUT2D eigenvalue weighted by atomic mass is 10.1. The summed E-state index contributed by atoms with van der Waals surface area (Å²) in [6.07, 6.45) is 0. The highest BCUT2D eigenvalue weighted by Gasteiger charge is 2.17. The molecule has 0 aromatic carbocycles. The highest BCUT2D eigenvalue weighted by molar-refractivity contribution is 6.16. The Bertz CT molecular complexity index is 288. The lowest BCUT2D eigenvalue weighted by molar-refractivity contribution is 0.0339. The number of methoxy groups -OCH3 is 1. The molecule has 0 fully saturated rings. The van der Waals surface area contributed by atoms with E-state index >= 15 is 0 Å². The second-order valence-corrected chi connectivity index (χ2v) is 3.72. The molecular weight excluding hydrogens is 206 g/mol. The van der Waals surface area contributed by atoms with Gasteiger partial charge in [0.25, 0.3) is 0 Å². The van der Waals surface area contributed by atoms with Gasteiger partial charge >= 0.3 is 6.01 Å². The smallest absolute Gasteiger partial charge is 0.315 e. The summed E-state index contributed by atoms with van der Waals surface area (Å²) in [6.45, 7) is 4.51. The molecule has 1 aromatic heterocycles. The SMILES string of the molecule is COC(C)(C)CNc1nnc(CCl)o1. The lowest BCUT2D eigenvalue weighted by Gasteiger charge is -2.22. The lowest BCUT2D eigenvalue weighted by Crippen LogP contribution is -2.32. The van der Waals surface area contributed by atoms with Crippen LogP contribution in [-0.4, -0.2) is 29.5 Å². The van der Waals surface area contributed by atoms with Crippen LogP contribution in [-0.2, 0) is 10.6 Å². The number of hydrogen-bond donors (Lipinski definition) is 1. The highest BCUT2D eigenvalue weighted by Crippen LogP contribution is 2.11. The molecule has 1 N–H and O–H groups in total. The van der Waals surface area contributed by atoms with Gasteiger partial charge in [0.15, 0.2) is 0 Å². The maximum absolute atomic E-state index is 5.51. The molecule has 1 heterocycles. The van der Waals surface area contributed by atoms with Crippen LogP contribution < -0.4 is 5.32 Å². The number of ether oxygens (including phenoxy) is 1. The minimum Gasteiger partial charge on any atom is -0.407 e. The maximum atomic E-state index is 5.51. The average Bonchev–Trinajstić information content (AvgIpc) is 2.63. The number of rotatable bonds is 5. The van der Waals surface area contributed by atoms with Crippen LogP contribution in [0.2, 0.25) is 0 Å². The summed E-state index contributed by atoms with van der Waals surface area (Å²) < 4.78 is 10.4. The van der Waals surface area contributed by atoms with Crippen LogP contribution >= 0.6 is 11.6 Å². The Morgan fingerprint density at radius 2 is 2.21 bits per heavy atom. The van der Waals surface area contributed by atoms with Crippen molar-refractivity contribution in [3.05, 3.63) is 5.89 Å². The minimum absolute atomic E-state index is 0.225. The zero-order valence-electron chi connectivity index (χ0n) is 8.50. The molecule has 0 unspecified atom stereocenters. The van der Waals surface area contributed by atoms with Gasteiger partial charge in [-0.25, -0.2) is 0 Å². The predicted octanol–water partition coefficient (Wildman–Crippen LogP) is 1.65. The van der Waals surface area contributed by atoms with E-state index in [-0.39, 0.29) is 11.5 Å². The van der Waals surface area contributed by atoms with E-state index in [1.54, 1.807) is 7.11 Å². The topological polar surface area (TPSA) is 60.2 Å². The zero-order chi connectivity index (χ0) is 10.6. The van der Waals surface area contributed by atoms with Gasteiger partial charge in [0.1, 0.15) is 5.88 Å². The number of nitrogens with zero attached hydrogens (tertiary/aromatic N) is 2. The molecule has 5 nitrogen and oxygen atoms in total. The summed E-state index contributed by atoms with van der Waals surface area (Å²) in [6, 6.07) is 0.366. The third-order valence-electron chi connectivity index (χ3n) is 1.80. The zero-order valence-corrected chi connectivity index (χ0v) is 9.26. The number of halogens is 1. The molecule has 6 heteroatoms. The van der Waals surface area contributed by atoms with Crippen molar-refractivity contribution >= 4 is 17.6 Å². The normalized spacial score (nSPS) is 11.7. The van der Waals surface area contributed by atoms with Gasteiger partial charge in [0.2, 0.25) is 5.89 Å². The van der Waals surface area contributed by atoms with Crippen LogP contribution in [0.5, 0.6) is 0 Å². The molecule has 0 aliphatic heterocycles. The first-order chi connectivity index (χ1) is 6.57. The largest absolute Gasteiger partial charge is 0.407 e. The third-order valence-corrected chi connectivity index (χ3v) is 2.03. The molecule has 0 spiro atoms. The van der Waals surface area contributed by atoms with E-state index in [0.29, 0.717) is 18.5 Å². The van der Waals surface area contributed by atoms with E-state index in [1.165, 1.54) is 0 Å². The molecule has 0 atom stereocenters. The molecular formula is C8H14ClN3O2. The molecule has 1 rings (SSSR count). The fourth-order valence-corrected chi connectivity index (χ4v) is 0.848. The maximum Gasteiger partial charge on any atom is 0.315 e. The molecule has 14 heavy (non-hydrogen) atoms. The average molecular weight is 220 g/mol. The Morgan fingerprint density at radius 1 is 1.50 bits per heavy atom. The Kier molecular flexibility index (Phi) is 3.71. The van der Waals surface area contributed by atoms with E-state index in [2.05, 4.69) is 15.5 Å². The second kappa shape index (κ2) is 4.61. The predicted molar refractivity (Wildman–Crippen MR) is 53.4 cm³/mol. The van der Waals surface area contributed by atoms with Gasteiger partial charge in [-0.05, 0) is 13.8 Å². The number of hydrogen-bond acceptors (Lipinski definition) is 5. The summed E-state index contributed by atoms with van der Waals surface area (Å²) >= 11 is 5.51. The third kappa shape index (κ3) is 3.16. The number of nitrogens with one attached hydrogen (secondary N) is 1. The fourth-order valence-electron chi connectivity index (χ4n) is 0.740. The Morgan fingerprint density at radius 3 is 2.71 bits per heavy atom. The Hall–Kier alpha value is -0.810. The van der Waals surface area contributed by atoms with Gasteiger partial charge in [-0.2, -0.15) is 0 Å². The standard InChI is InChI=1S/C8H14ClN3O2/c1-8(2,13-3)5-10-7-12-11-6(4-9)14-7/h4-5H2,1-3H3,(H,10,12). The van der Waals surface area contributed by atoms with Crippen LogP contribution in [0.1, 0.15) is 19.7 Å². The molecule has 0 aliphatic carbocycles. The van der Waals surface area contributed by atoms with Crippen molar-refractivity contribution in [2.24, 2.45) is 0 Å². The van der Waals surface area contributed by atoms with Crippen LogP contribution in [0.3, 0.4) is 0 Å². The van der Waals surface area contributed by atoms with E-state index in [9.17, 15) is 0 Å². The molecule has 0 saturated heterocycles. The van der Waals surface area contributed by atoms with Crippen molar-refractivity contribution in [1.29, 1.82) is 0 Å². The van der Waals surface area contributed by atoms with Gasteiger partial charge < -0.3 is 14.5 Å². The van der Waals surface area contributed by atoms with Crippen molar-refractivity contribution in [2.45, 2.75) is 25.3 Å². The van der Waals surface area contributed by atoms with Gasteiger partial charge in [-0.1, -0.05) is 5.10 Å². The van der Waals surface area contributed by atoms with Crippen molar-refractivity contribution in [1.82, 2.24) is 10.2 Å². The summed E-state index contributed by atoms with van der Waals surface area (Å²) in [7, 11) is 1.65. The van der Waals surface area contributed by atoms with Gasteiger partial charge in [0, 0.05) is 13.7 Å². The molecule has 0 aliphatic rings. The quantitative estimate of drug-likeness (QED) is 0.763. The molecule has 0 radical (unpaired) electrons. The van der Waals surface area contributed by atoms with Crippen molar-refractivity contribution in [3.8, 4) is 0 Å². The first-order valence-corrected chi connectivity index (χ1v) is 4.78. The van der Waals surface area contributed by atoms with E-state index in [4.69, 9.17) is 20.8 Å². The highest BCUT2D eigenvalue weighted by atomic mass is 35.5. The van der Waals surface area contributed by atoms with E-state index < -0.39 is 0 Å². The first-order valence-electron chi connectivity index (χ1n) is 4.25. The van der Waals surface area contributed by atoms with Crippen LogP contribution in [0.15, 0.2) is 4.42 Å². The van der Waals surface area contributed by atoms with Crippen molar-refractivity contribution in [3.63, 3.8) is 0 Å². The van der Waals surface area contributed by atoms with Gasteiger partial charge in [-0.15, -0.1) is 16.7 Å². The molecule has 80 valence electrons. The number of aromatic nitrogens is 2. The molecule has 0 amide bonds. The summed E-state index contributed by atoms with van der Waals surface area (Å²) in [4.78, 5) is 0. The number of anilines is 1. The fraction of sp³-hybridized carbons (Fsp3) is 0.750. The first kappa shape index (κ1) is 11.3. The van der Waals surface area contributed by atoms with Crippen LogP contribution in [0.4, 0.5) is 6.01 Å². The van der Waals surface area contributed by atoms with Crippen LogP contribution in [0, 0.1) is 0 Å². The minimum atomic E-state index is -0.268. The molecule has 1 aromatic rings. The van der Waals surface area contributed by atoms with Crippen LogP contribution in [0.25, 0.3) is 0 Å². The monoisotopic (exact) mass is 219 g/mol. The molecule has 0 bridgehead atoms. The summed E-state index contributed by atoms with van der Waals surface area (Å²) in [5.74, 6) is 0.631. The van der Waals surface area contributed by atoms with Gasteiger partial charge in [0.05, 0.1) is 5.60 Å². The molecule has 0 saturated carbocycles.